The lowest BCUT2D eigenvalue weighted by Gasteiger charge is -2.21. The van der Waals surface area contributed by atoms with E-state index in [0.717, 1.165) is 28.3 Å². The highest BCUT2D eigenvalue weighted by atomic mass is 79.9. The van der Waals surface area contributed by atoms with Crippen molar-refractivity contribution < 1.29 is 0 Å². The minimum absolute atomic E-state index is 0.789. The van der Waals surface area contributed by atoms with Gasteiger partial charge in [0.1, 0.15) is 0 Å². The molecule has 0 fully saturated rings. The lowest BCUT2D eigenvalue weighted by molar-refractivity contribution is 0.817. The molecule has 2 aromatic carbocycles. The smallest absolute Gasteiger partial charge is 0.0642 e. The van der Waals surface area contributed by atoms with Crippen molar-refractivity contribution in [3.8, 4) is 0 Å². The van der Waals surface area contributed by atoms with Crippen molar-refractivity contribution in [2.45, 2.75) is 13.1 Å². The maximum atomic E-state index is 6.37. The van der Waals surface area contributed by atoms with Crippen LogP contribution >= 0.6 is 27.5 Å². The fourth-order valence-corrected chi connectivity index (χ4v) is 2.73. The van der Waals surface area contributed by atoms with Gasteiger partial charge >= 0.3 is 0 Å². The van der Waals surface area contributed by atoms with Gasteiger partial charge in [-0.3, -0.25) is 0 Å². The molecule has 0 aliphatic heterocycles. The Bertz CT molecular complexity index is 569. The van der Waals surface area contributed by atoms with Gasteiger partial charge < -0.3 is 10.2 Å². The SMILES string of the molecule is CNCc1ccc(N(C)Cc2ccc(Br)cc2)c(Cl)c1. The molecule has 0 amide bonds. The number of rotatable bonds is 5. The van der Waals surface area contributed by atoms with E-state index in [9.17, 15) is 0 Å². The van der Waals surface area contributed by atoms with Crippen LogP contribution in [-0.4, -0.2) is 14.1 Å². The van der Waals surface area contributed by atoms with Crippen molar-refractivity contribution in [2.24, 2.45) is 0 Å². The Kier molecular flexibility index (Phi) is 5.46. The minimum Gasteiger partial charge on any atom is -0.369 e. The summed E-state index contributed by atoms with van der Waals surface area (Å²) in [7, 11) is 3.99. The normalized spacial score (nSPS) is 10.6. The van der Waals surface area contributed by atoms with Crippen molar-refractivity contribution in [3.63, 3.8) is 0 Å². The Morgan fingerprint density at radius 3 is 2.35 bits per heavy atom. The third kappa shape index (κ3) is 3.98. The molecule has 0 bridgehead atoms. The summed E-state index contributed by atoms with van der Waals surface area (Å²) in [5.41, 5.74) is 3.50. The van der Waals surface area contributed by atoms with Gasteiger partial charge in [-0.2, -0.15) is 0 Å². The molecule has 20 heavy (non-hydrogen) atoms. The number of hydrogen-bond donors (Lipinski definition) is 1. The van der Waals surface area contributed by atoms with Crippen LogP contribution in [0.5, 0.6) is 0 Å². The van der Waals surface area contributed by atoms with E-state index in [4.69, 9.17) is 11.6 Å². The van der Waals surface area contributed by atoms with Gasteiger partial charge in [0.2, 0.25) is 0 Å². The van der Waals surface area contributed by atoms with Crippen LogP contribution in [0.3, 0.4) is 0 Å². The van der Waals surface area contributed by atoms with Crippen molar-refractivity contribution in [1.29, 1.82) is 0 Å². The number of halogens is 2. The summed E-state index contributed by atoms with van der Waals surface area (Å²) < 4.78 is 1.10. The van der Waals surface area contributed by atoms with Gasteiger partial charge in [-0.05, 0) is 42.4 Å². The van der Waals surface area contributed by atoms with E-state index in [0.29, 0.717) is 0 Å². The van der Waals surface area contributed by atoms with E-state index in [1.54, 1.807) is 0 Å². The zero-order chi connectivity index (χ0) is 14.5. The van der Waals surface area contributed by atoms with E-state index < -0.39 is 0 Å². The first kappa shape index (κ1) is 15.4. The molecule has 2 rings (SSSR count). The Labute approximate surface area is 133 Å². The molecule has 106 valence electrons. The fraction of sp³-hybridized carbons (Fsp3) is 0.250. The van der Waals surface area contributed by atoms with Crippen LogP contribution in [0.4, 0.5) is 5.69 Å². The Morgan fingerprint density at radius 1 is 1.10 bits per heavy atom. The van der Waals surface area contributed by atoms with Gasteiger partial charge in [0.15, 0.2) is 0 Å². The number of hydrogen-bond acceptors (Lipinski definition) is 2. The van der Waals surface area contributed by atoms with Gasteiger partial charge in [-0.25, -0.2) is 0 Å². The Morgan fingerprint density at radius 2 is 1.75 bits per heavy atom. The maximum absolute atomic E-state index is 6.37. The minimum atomic E-state index is 0.789. The highest BCUT2D eigenvalue weighted by molar-refractivity contribution is 9.10. The van der Waals surface area contributed by atoms with Crippen LogP contribution in [0.1, 0.15) is 11.1 Å². The molecule has 0 atom stereocenters. The zero-order valence-corrected chi connectivity index (χ0v) is 14.0. The van der Waals surface area contributed by atoms with Crippen molar-refractivity contribution in [3.05, 3.63) is 63.1 Å². The first-order chi connectivity index (χ1) is 9.60. The van der Waals surface area contributed by atoms with Crippen LogP contribution in [0, 0.1) is 0 Å². The van der Waals surface area contributed by atoms with Gasteiger partial charge in [0.25, 0.3) is 0 Å². The molecule has 0 saturated carbocycles. The summed E-state index contributed by atoms with van der Waals surface area (Å²) in [6.07, 6.45) is 0. The molecule has 0 aliphatic carbocycles. The first-order valence-corrected chi connectivity index (χ1v) is 7.66. The molecule has 0 aromatic heterocycles. The molecule has 0 heterocycles. The van der Waals surface area contributed by atoms with Crippen LogP contribution in [0.25, 0.3) is 0 Å². The third-order valence-corrected chi connectivity index (χ3v) is 3.97. The second-order valence-corrected chi connectivity index (χ2v) is 6.12. The van der Waals surface area contributed by atoms with Crippen LogP contribution in [0.2, 0.25) is 5.02 Å². The second-order valence-electron chi connectivity index (χ2n) is 4.80. The number of benzene rings is 2. The molecule has 0 radical (unpaired) electrons. The molecule has 0 aliphatic rings. The average molecular weight is 354 g/mol. The van der Waals surface area contributed by atoms with Gasteiger partial charge in [0.05, 0.1) is 10.7 Å². The Balaban J connectivity index is 2.12. The van der Waals surface area contributed by atoms with Crippen LogP contribution in [0.15, 0.2) is 46.9 Å². The lowest BCUT2D eigenvalue weighted by atomic mass is 10.1. The standard InChI is InChI=1S/C16H18BrClN2/c1-19-10-13-5-8-16(15(18)9-13)20(2)11-12-3-6-14(17)7-4-12/h3-9,19H,10-11H2,1-2H3. The number of nitrogens with zero attached hydrogens (tertiary/aromatic N) is 1. The molecule has 0 saturated heterocycles. The zero-order valence-electron chi connectivity index (χ0n) is 11.7. The molecule has 2 nitrogen and oxygen atoms in total. The highest BCUT2D eigenvalue weighted by Crippen LogP contribution is 2.27. The summed E-state index contributed by atoms with van der Waals surface area (Å²) in [6, 6.07) is 14.5. The predicted octanol–water partition coefficient (Wildman–Crippen LogP) is 4.46. The maximum Gasteiger partial charge on any atom is 0.0642 e. The molecule has 0 unspecified atom stereocenters. The monoisotopic (exact) mass is 352 g/mol. The lowest BCUT2D eigenvalue weighted by Crippen LogP contribution is -2.17. The predicted molar refractivity (Wildman–Crippen MR) is 90.5 cm³/mol. The Hall–Kier alpha value is -1.03. The molecule has 1 N–H and O–H groups in total. The summed E-state index contributed by atoms with van der Waals surface area (Å²) in [5, 5.41) is 3.92. The molecular formula is C16H18BrClN2. The van der Waals surface area contributed by atoms with Gasteiger partial charge in [0, 0.05) is 24.6 Å². The molecular weight excluding hydrogens is 336 g/mol. The first-order valence-electron chi connectivity index (χ1n) is 6.49. The third-order valence-electron chi connectivity index (χ3n) is 3.14. The van der Waals surface area contributed by atoms with Crippen LogP contribution < -0.4 is 10.2 Å². The molecule has 4 heteroatoms. The fourth-order valence-electron chi connectivity index (χ4n) is 2.12. The van der Waals surface area contributed by atoms with E-state index in [-0.39, 0.29) is 0 Å². The van der Waals surface area contributed by atoms with Gasteiger partial charge in [-0.15, -0.1) is 0 Å². The topological polar surface area (TPSA) is 15.3 Å². The summed E-state index contributed by atoms with van der Waals surface area (Å²) >= 11 is 9.82. The van der Waals surface area contributed by atoms with Crippen molar-refractivity contribution in [1.82, 2.24) is 5.32 Å². The highest BCUT2D eigenvalue weighted by Gasteiger charge is 2.07. The molecule has 2 aromatic rings. The quantitative estimate of drug-likeness (QED) is 0.854. The average Bonchev–Trinajstić information content (AvgIpc) is 2.42. The van der Waals surface area contributed by atoms with E-state index >= 15 is 0 Å². The molecule has 0 spiro atoms. The summed E-state index contributed by atoms with van der Waals surface area (Å²) in [5.74, 6) is 0. The van der Waals surface area contributed by atoms with E-state index in [1.165, 1.54) is 11.1 Å². The summed E-state index contributed by atoms with van der Waals surface area (Å²) in [4.78, 5) is 2.16. The van der Waals surface area contributed by atoms with E-state index in [1.807, 2.05) is 13.1 Å². The van der Waals surface area contributed by atoms with Crippen molar-refractivity contribution >= 4 is 33.2 Å². The number of anilines is 1. The van der Waals surface area contributed by atoms with Crippen LogP contribution in [-0.2, 0) is 13.1 Å². The second kappa shape index (κ2) is 7.11. The van der Waals surface area contributed by atoms with Crippen molar-refractivity contribution in [2.75, 3.05) is 19.0 Å². The van der Waals surface area contributed by atoms with E-state index in [2.05, 4.69) is 69.6 Å². The van der Waals surface area contributed by atoms with Gasteiger partial charge in [-0.1, -0.05) is 45.7 Å². The number of nitrogens with one attached hydrogen (secondary N) is 1. The summed E-state index contributed by atoms with van der Waals surface area (Å²) in [6.45, 7) is 1.66. The largest absolute Gasteiger partial charge is 0.369 e.